The summed E-state index contributed by atoms with van der Waals surface area (Å²) in [6, 6.07) is 70.8. The number of imidazole rings is 1. The maximum Gasteiger partial charge on any atom is 0.235 e. The second-order valence-corrected chi connectivity index (χ2v) is 14.9. The van der Waals surface area contributed by atoms with Crippen molar-refractivity contribution in [3.8, 4) is 50.7 Å². The monoisotopic (exact) mass is 739 g/mol. The van der Waals surface area contributed by atoms with Crippen LogP contribution in [0.1, 0.15) is 0 Å². The van der Waals surface area contributed by atoms with Crippen molar-refractivity contribution in [1.29, 1.82) is 0 Å². The van der Waals surface area contributed by atoms with E-state index in [1.807, 2.05) is 0 Å². The summed E-state index contributed by atoms with van der Waals surface area (Å²) >= 11 is 0. The molecule has 270 valence electrons. The van der Waals surface area contributed by atoms with Crippen LogP contribution in [0.25, 0.3) is 111 Å². The van der Waals surface area contributed by atoms with E-state index in [1.54, 1.807) is 0 Å². The lowest BCUT2D eigenvalue weighted by Crippen LogP contribution is -2.04. The van der Waals surface area contributed by atoms with E-state index in [0.717, 1.165) is 94.2 Å². The molecule has 4 aromatic heterocycles. The van der Waals surface area contributed by atoms with Crippen LogP contribution < -0.4 is 0 Å². The summed E-state index contributed by atoms with van der Waals surface area (Å²) in [5.41, 5.74) is 14.5. The van der Waals surface area contributed by atoms with E-state index in [-0.39, 0.29) is 0 Å². The van der Waals surface area contributed by atoms with Gasteiger partial charge in [-0.3, -0.25) is 8.97 Å². The zero-order chi connectivity index (χ0) is 38.2. The van der Waals surface area contributed by atoms with E-state index >= 15 is 0 Å². The molecule has 0 atom stereocenters. The number of aromatic nitrogens is 5. The van der Waals surface area contributed by atoms with E-state index in [1.165, 1.54) is 10.8 Å². The normalized spacial score (nSPS) is 11.8. The van der Waals surface area contributed by atoms with E-state index in [0.29, 0.717) is 5.95 Å². The van der Waals surface area contributed by atoms with Gasteiger partial charge in [0.1, 0.15) is 5.65 Å². The van der Waals surface area contributed by atoms with E-state index < -0.39 is 0 Å². The van der Waals surface area contributed by atoms with E-state index in [2.05, 4.69) is 209 Å². The van der Waals surface area contributed by atoms with Gasteiger partial charge in [-0.2, -0.15) is 0 Å². The van der Waals surface area contributed by atoms with Crippen LogP contribution in [-0.2, 0) is 0 Å². The van der Waals surface area contributed by atoms with Crippen molar-refractivity contribution in [2.75, 3.05) is 0 Å². The highest BCUT2D eigenvalue weighted by Crippen LogP contribution is 2.40. The minimum absolute atomic E-state index is 0.610. The van der Waals surface area contributed by atoms with Gasteiger partial charge in [0.15, 0.2) is 0 Å². The van der Waals surface area contributed by atoms with Gasteiger partial charge in [0.05, 0.1) is 39.0 Å². The van der Waals surface area contributed by atoms with Gasteiger partial charge in [-0.05, 0) is 82.2 Å². The Morgan fingerprint density at radius 3 is 1.47 bits per heavy atom. The first-order valence-corrected chi connectivity index (χ1v) is 19.6. The Bertz CT molecular complexity index is 3460. The zero-order valence-corrected chi connectivity index (χ0v) is 31.3. The second-order valence-electron chi connectivity index (χ2n) is 14.9. The molecular weight excluding hydrogens is 707 g/mol. The number of fused-ring (bicyclic) bond motifs is 11. The van der Waals surface area contributed by atoms with Crippen LogP contribution in [0.5, 0.6) is 0 Å². The molecule has 8 aromatic carbocycles. The maximum atomic E-state index is 5.45. The molecule has 12 rings (SSSR count). The largest absolute Gasteiger partial charge is 0.292 e. The first kappa shape index (κ1) is 32.4. The third kappa shape index (κ3) is 5.07. The zero-order valence-electron chi connectivity index (χ0n) is 31.3. The topological polar surface area (TPSA) is 48.0 Å². The third-order valence-electron chi connectivity index (χ3n) is 11.5. The van der Waals surface area contributed by atoms with Crippen molar-refractivity contribution in [3.05, 3.63) is 200 Å². The first-order chi connectivity index (χ1) is 28.7. The molecule has 0 aliphatic rings. The van der Waals surface area contributed by atoms with Crippen LogP contribution in [0.4, 0.5) is 0 Å². The van der Waals surface area contributed by atoms with Gasteiger partial charge >= 0.3 is 0 Å². The van der Waals surface area contributed by atoms with Crippen molar-refractivity contribution in [2.24, 2.45) is 0 Å². The van der Waals surface area contributed by atoms with Gasteiger partial charge in [0.2, 0.25) is 5.95 Å². The molecule has 0 bridgehead atoms. The van der Waals surface area contributed by atoms with Crippen molar-refractivity contribution < 1.29 is 0 Å². The lowest BCUT2D eigenvalue weighted by Gasteiger charge is -2.14. The molecule has 12 aromatic rings. The maximum absolute atomic E-state index is 5.45. The highest BCUT2D eigenvalue weighted by Gasteiger charge is 2.21. The molecule has 0 fully saturated rings. The number of rotatable bonds is 5. The molecular formula is C53H33N5. The minimum atomic E-state index is 0.610. The molecule has 4 heterocycles. The predicted octanol–water partition coefficient (Wildman–Crippen LogP) is 13.3. The number of pyridine rings is 1. The van der Waals surface area contributed by atoms with Crippen molar-refractivity contribution in [1.82, 2.24) is 23.9 Å². The quantitative estimate of drug-likeness (QED) is 0.165. The highest BCUT2D eigenvalue weighted by atomic mass is 15.2. The smallest absolute Gasteiger partial charge is 0.235 e. The Labute approximate surface area is 333 Å². The molecule has 5 nitrogen and oxygen atoms in total. The van der Waals surface area contributed by atoms with Crippen molar-refractivity contribution in [3.63, 3.8) is 0 Å². The van der Waals surface area contributed by atoms with Crippen LogP contribution in [0, 0.1) is 0 Å². The molecule has 0 saturated carbocycles. The average molecular weight is 740 g/mol. The Morgan fingerprint density at radius 1 is 0.293 bits per heavy atom. The van der Waals surface area contributed by atoms with E-state index in [9.17, 15) is 0 Å². The third-order valence-corrected chi connectivity index (χ3v) is 11.5. The number of benzene rings is 8. The molecule has 0 radical (unpaired) electrons. The number of para-hydroxylation sites is 4. The van der Waals surface area contributed by atoms with Gasteiger partial charge in [-0.15, -0.1) is 0 Å². The van der Waals surface area contributed by atoms with Crippen LogP contribution in [-0.4, -0.2) is 23.9 Å². The summed E-state index contributed by atoms with van der Waals surface area (Å²) in [4.78, 5) is 16.1. The molecule has 0 amide bonds. The fraction of sp³-hybridized carbons (Fsp3) is 0. The second kappa shape index (κ2) is 12.8. The summed E-state index contributed by atoms with van der Waals surface area (Å²) in [7, 11) is 0. The van der Waals surface area contributed by atoms with Gasteiger partial charge in [0.25, 0.3) is 0 Å². The Balaban J connectivity index is 1.16. The molecule has 0 unspecified atom stereocenters. The fourth-order valence-electron chi connectivity index (χ4n) is 8.79. The lowest BCUT2D eigenvalue weighted by atomic mass is 9.99. The molecule has 0 spiro atoms. The van der Waals surface area contributed by atoms with E-state index in [4.69, 9.17) is 15.0 Å². The molecule has 0 saturated heterocycles. The minimum Gasteiger partial charge on any atom is -0.292 e. The van der Waals surface area contributed by atoms with Gasteiger partial charge in [0, 0.05) is 32.7 Å². The van der Waals surface area contributed by atoms with Gasteiger partial charge < -0.3 is 0 Å². The highest BCUT2D eigenvalue weighted by molar-refractivity contribution is 6.21. The summed E-state index contributed by atoms with van der Waals surface area (Å²) in [6.45, 7) is 0. The van der Waals surface area contributed by atoms with Crippen LogP contribution in [0.15, 0.2) is 200 Å². The Morgan fingerprint density at radius 2 is 0.810 bits per heavy atom. The summed E-state index contributed by atoms with van der Waals surface area (Å²) in [6.07, 6.45) is 0. The van der Waals surface area contributed by atoms with Crippen LogP contribution >= 0.6 is 0 Å². The van der Waals surface area contributed by atoms with Crippen molar-refractivity contribution in [2.45, 2.75) is 0 Å². The van der Waals surface area contributed by atoms with Gasteiger partial charge in [-0.25, -0.2) is 15.0 Å². The molecule has 0 aliphatic heterocycles. The van der Waals surface area contributed by atoms with Crippen LogP contribution in [0.3, 0.4) is 0 Å². The SMILES string of the molecule is c1ccc(-c2cccc(-c3cc(-c4cccc(-c5ccccc5)c4)nc(-n4c5ccccc5c5cc6c7ccccc7n7c8ccccc8nc7c6cc54)n3)c2)cc1. The summed E-state index contributed by atoms with van der Waals surface area (Å²) in [5.74, 6) is 0.610. The fourth-order valence-corrected chi connectivity index (χ4v) is 8.79. The predicted molar refractivity (Wildman–Crippen MR) is 239 cm³/mol. The summed E-state index contributed by atoms with van der Waals surface area (Å²) < 4.78 is 4.55. The van der Waals surface area contributed by atoms with Gasteiger partial charge in [-0.1, -0.05) is 146 Å². The lowest BCUT2D eigenvalue weighted by molar-refractivity contribution is 0.996. The number of hydrogen-bond donors (Lipinski definition) is 0. The number of nitrogens with zero attached hydrogens (tertiary/aromatic N) is 5. The Kier molecular flexibility index (Phi) is 7.16. The molecule has 0 aliphatic carbocycles. The standard InChI is InChI=1S/C53H33N5/c1-3-15-34(16-4-1)36-19-13-21-38(29-36)46-33-47(39-22-14-20-37(30-39)35-17-5-2-6-18-35)56-53(55-46)58-49-27-11-8-24-41(49)43-31-42-40-23-7-10-26-48(40)57-50-28-12-9-25-45(50)54-52(57)44(42)32-51(43)58/h1-33H. The first-order valence-electron chi connectivity index (χ1n) is 19.6. The molecule has 5 heteroatoms. The molecule has 0 N–H and O–H groups in total. The number of hydrogen-bond acceptors (Lipinski definition) is 3. The average Bonchev–Trinajstić information content (AvgIpc) is 3.85. The van der Waals surface area contributed by atoms with Crippen LogP contribution in [0.2, 0.25) is 0 Å². The Hall–Kier alpha value is -7.89. The molecule has 58 heavy (non-hydrogen) atoms. The summed E-state index contributed by atoms with van der Waals surface area (Å²) in [5, 5.41) is 5.71. The van der Waals surface area contributed by atoms with Crippen molar-refractivity contribution >= 4 is 60.2 Å².